The highest BCUT2D eigenvalue weighted by Gasteiger charge is 2.13. The molecule has 33 heavy (non-hydrogen) atoms. The van der Waals surface area contributed by atoms with Crippen molar-refractivity contribution in [2.75, 3.05) is 5.32 Å². The first-order chi connectivity index (χ1) is 15.8. The molecule has 2 aromatic carbocycles. The molecule has 0 aliphatic heterocycles. The van der Waals surface area contributed by atoms with Gasteiger partial charge in [-0.05, 0) is 73.6 Å². The summed E-state index contributed by atoms with van der Waals surface area (Å²) >= 11 is 5.31. The summed E-state index contributed by atoms with van der Waals surface area (Å²) in [6, 6.07) is 18.2. The van der Waals surface area contributed by atoms with Crippen molar-refractivity contribution in [3.05, 3.63) is 94.0 Å². The van der Waals surface area contributed by atoms with Gasteiger partial charge in [0.25, 0.3) is 11.5 Å². The third kappa shape index (κ3) is 4.75. The van der Waals surface area contributed by atoms with Gasteiger partial charge in [0, 0.05) is 41.1 Å². The van der Waals surface area contributed by atoms with Crippen LogP contribution in [0.5, 0.6) is 0 Å². The molecular formula is C25H23N5O2S. The van der Waals surface area contributed by atoms with Crippen molar-refractivity contribution in [1.29, 1.82) is 0 Å². The first-order valence-electron chi connectivity index (χ1n) is 10.3. The smallest absolute Gasteiger partial charge is 0.269 e. The van der Waals surface area contributed by atoms with Gasteiger partial charge in [-0.2, -0.15) is 0 Å². The molecule has 0 saturated heterocycles. The van der Waals surface area contributed by atoms with Crippen LogP contribution in [-0.4, -0.2) is 20.6 Å². The maximum atomic E-state index is 13.1. The highest BCUT2D eigenvalue weighted by atomic mass is 32.1. The summed E-state index contributed by atoms with van der Waals surface area (Å²) in [7, 11) is 1.76. The second-order valence-corrected chi connectivity index (χ2v) is 8.14. The Labute approximate surface area is 196 Å². The Morgan fingerprint density at radius 1 is 0.970 bits per heavy atom. The molecule has 3 N–H and O–H groups in total. The van der Waals surface area contributed by atoms with E-state index in [1.165, 1.54) is 0 Å². The Kier molecular flexibility index (Phi) is 6.19. The van der Waals surface area contributed by atoms with Crippen molar-refractivity contribution in [1.82, 2.24) is 20.4 Å². The molecule has 0 radical (unpaired) electrons. The fourth-order valence-corrected chi connectivity index (χ4v) is 3.75. The Morgan fingerprint density at radius 2 is 1.73 bits per heavy atom. The van der Waals surface area contributed by atoms with Crippen LogP contribution < -0.4 is 21.7 Å². The van der Waals surface area contributed by atoms with Crippen LogP contribution in [0.4, 0.5) is 5.69 Å². The molecule has 4 aromatic rings. The number of aryl methyl sites for hydroxylation is 3. The Balaban J connectivity index is 1.57. The summed E-state index contributed by atoms with van der Waals surface area (Å²) < 4.78 is 1.64. The van der Waals surface area contributed by atoms with E-state index in [9.17, 15) is 9.59 Å². The lowest BCUT2D eigenvalue weighted by atomic mass is 9.99. The highest BCUT2D eigenvalue weighted by molar-refractivity contribution is 7.80. The van der Waals surface area contributed by atoms with Gasteiger partial charge < -0.3 is 9.88 Å². The van der Waals surface area contributed by atoms with E-state index >= 15 is 0 Å². The molecule has 8 heteroatoms. The number of hydrogen-bond donors (Lipinski definition) is 3. The van der Waals surface area contributed by atoms with E-state index in [2.05, 4.69) is 21.2 Å². The molecule has 0 bridgehead atoms. The van der Waals surface area contributed by atoms with E-state index in [4.69, 9.17) is 12.2 Å². The van der Waals surface area contributed by atoms with Crippen LogP contribution in [0, 0.1) is 13.8 Å². The molecule has 166 valence electrons. The number of thiocarbonyl (C=S) groups is 1. The van der Waals surface area contributed by atoms with Crippen LogP contribution in [-0.2, 0) is 7.05 Å². The number of nitrogens with one attached hydrogen (secondary N) is 3. The summed E-state index contributed by atoms with van der Waals surface area (Å²) in [6.07, 6.45) is 1.78. The van der Waals surface area contributed by atoms with E-state index in [-0.39, 0.29) is 16.6 Å². The maximum Gasteiger partial charge on any atom is 0.269 e. The van der Waals surface area contributed by atoms with E-state index < -0.39 is 0 Å². The van der Waals surface area contributed by atoms with Gasteiger partial charge in [-0.15, -0.1) is 0 Å². The standard InChI is InChI=1S/C25H23N5O2S/c1-15-9-10-19(27-25(33)29-28-23(31)17-7-5-4-6-8-17)13-20(15)21-12-18-14-26-16(2)11-22(18)30(3)24(21)32/h4-14H,1-3H3,(H,28,31)(H2,27,29,33). The van der Waals surface area contributed by atoms with Crippen molar-refractivity contribution in [3.63, 3.8) is 0 Å². The molecule has 0 saturated carbocycles. The fraction of sp³-hybridized carbons (Fsp3) is 0.120. The lowest BCUT2D eigenvalue weighted by molar-refractivity contribution is 0.0944. The Hall–Kier alpha value is -4.04. The van der Waals surface area contributed by atoms with E-state index in [1.54, 1.807) is 42.1 Å². The number of rotatable bonds is 3. The van der Waals surface area contributed by atoms with Gasteiger partial charge >= 0.3 is 0 Å². The van der Waals surface area contributed by atoms with Gasteiger partial charge in [-0.1, -0.05) is 24.3 Å². The van der Waals surface area contributed by atoms with Gasteiger partial charge in [0.2, 0.25) is 0 Å². The zero-order chi connectivity index (χ0) is 23.5. The minimum atomic E-state index is -0.298. The van der Waals surface area contributed by atoms with E-state index in [0.717, 1.165) is 27.7 Å². The summed E-state index contributed by atoms with van der Waals surface area (Å²) in [4.78, 5) is 29.7. The second kappa shape index (κ2) is 9.22. The number of fused-ring (bicyclic) bond motifs is 1. The molecule has 2 heterocycles. The van der Waals surface area contributed by atoms with Crippen molar-refractivity contribution in [3.8, 4) is 11.1 Å². The third-order valence-corrected chi connectivity index (χ3v) is 5.56. The summed E-state index contributed by atoms with van der Waals surface area (Å²) in [6.45, 7) is 3.85. The number of benzene rings is 2. The minimum Gasteiger partial charge on any atom is -0.331 e. The predicted octanol–water partition coefficient (Wildman–Crippen LogP) is 3.85. The topological polar surface area (TPSA) is 88.1 Å². The number of carbonyl (C=O) groups is 1. The van der Waals surface area contributed by atoms with Crippen LogP contribution in [0.2, 0.25) is 0 Å². The molecule has 0 atom stereocenters. The second-order valence-electron chi connectivity index (χ2n) is 7.74. The quantitative estimate of drug-likeness (QED) is 0.320. The zero-order valence-corrected chi connectivity index (χ0v) is 19.3. The molecule has 1 amide bonds. The molecule has 7 nitrogen and oxygen atoms in total. The van der Waals surface area contributed by atoms with Crippen molar-refractivity contribution < 1.29 is 4.79 Å². The first-order valence-corrected chi connectivity index (χ1v) is 10.7. The molecule has 4 rings (SSSR count). The van der Waals surface area contributed by atoms with Gasteiger partial charge in [0.05, 0.1) is 5.52 Å². The number of amides is 1. The first kappa shape index (κ1) is 22.2. The SMILES string of the molecule is Cc1cc2c(cn1)cc(-c1cc(NC(=S)NNC(=O)c3ccccc3)ccc1C)c(=O)n2C. The van der Waals surface area contributed by atoms with Gasteiger partial charge in [0.1, 0.15) is 0 Å². The average Bonchev–Trinajstić information content (AvgIpc) is 2.82. The van der Waals surface area contributed by atoms with Crippen LogP contribution in [0.15, 0.2) is 71.7 Å². The normalized spacial score (nSPS) is 10.6. The largest absolute Gasteiger partial charge is 0.331 e. The van der Waals surface area contributed by atoms with Gasteiger partial charge in [-0.3, -0.25) is 25.4 Å². The molecule has 0 aliphatic carbocycles. The molecule has 0 spiro atoms. The van der Waals surface area contributed by atoms with Crippen LogP contribution in [0.1, 0.15) is 21.6 Å². The zero-order valence-electron chi connectivity index (χ0n) is 18.5. The van der Waals surface area contributed by atoms with Crippen LogP contribution >= 0.6 is 12.2 Å². The summed E-state index contributed by atoms with van der Waals surface area (Å²) in [5.41, 5.74) is 10.4. The molecule has 0 fully saturated rings. The van der Waals surface area contributed by atoms with Crippen molar-refractivity contribution >= 4 is 39.8 Å². The number of anilines is 1. The van der Waals surface area contributed by atoms with Crippen molar-refractivity contribution in [2.24, 2.45) is 7.05 Å². The monoisotopic (exact) mass is 457 g/mol. The van der Waals surface area contributed by atoms with Crippen LogP contribution in [0.25, 0.3) is 22.0 Å². The Morgan fingerprint density at radius 3 is 2.48 bits per heavy atom. The number of hydrogen-bond acceptors (Lipinski definition) is 4. The summed E-state index contributed by atoms with van der Waals surface area (Å²) in [5.74, 6) is -0.298. The molecule has 0 unspecified atom stereocenters. The predicted molar refractivity (Wildman–Crippen MR) is 135 cm³/mol. The number of pyridine rings is 2. The molecule has 0 aliphatic rings. The van der Waals surface area contributed by atoms with Gasteiger partial charge in [-0.25, -0.2) is 0 Å². The number of aromatic nitrogens is 2. The maximum absolute atomic E-state index is 13.1. The van der Waals surface area contributed by atoms with E-state index in [1.807, 2.05) is 50.2 Å². The van der Waals surface area contributed by atoms with E-state index in [0.29, 0.717) is 16.8 Å². The lowest BCUT2D eigenvalue weighted by Gasteiger charge is -2.15. The Bertz CT molecular complexity index is 1430. The van der Waals surface area contributed by atoms with Crippen LogP contribution in [0.3, 0.4) is 0 Å². The number of hydrazine groups is 1. The number of nitrogens with zero attached hydrogens (tertiary/aromatic N) is 2. The number of carbonyl (C=O) groups excluding carboxylic acids is 1. The summed E-state index contributed by atoms with van der Waals surface area (Å²) in [5, 5.41) is 4.16. The van der Waals surface area contributed by atoms with Gasteiger partial charge in [0.15, 0.2) is 5.11 Å². The third-order valence-electron chi connectivity index (χ3n) is 5.36. The molecule has 2 aromatic heterocycles. The minimum absolute atomic E-state index is 0.0934. The lowest BCUT2D eigenvalue weighted by Crippen LogP contribution is -2.43. The average molecular weight is 458 g/mol. The van der Waals surface area contributed by atoms with Crippen molar-refractivity contribution in [2.45, 2.75) is 13.8 Å². The highest BCUT2D eigenvalue weighted by Crippen LogP contribution is 2.26. The fourth-order valence-electron chi connectivity index (χ4n) is 3.59. The molecular weight excluding hydrogens is 434 g/mol.